The molecule has 2 aromatic rings. The molecule has 5 nitrogen and oxygen atoms in total. The Balaban J connectivity index is 1.57. The summed E-state index contributed by atoms with van der Waals surface area (Å²) in [6.07, 6.45) is 4.33. The summed E-state index contributed by atoms with van der Waals surface area (Å²) >= 11 is 0. The van der Waals surface area contributed by atoms with Crippen LogP contribution in [0.4, 0.5) is 0 Å². The SMILES string of the molecule is CC(C)c1ccc(/C=C(\C#N)C(=O)OCC(=O)N[C@@H]2CCCc3ccccc32)cc1. The average Bonchev–Trinajstić information content (AvgIpc) is 2.76. The summed E-state index contributed by atoms with van der Waals surface area (Å²) in [5.74, 6) is -0.772. The van der Waals surface area contributed by atoms with Crippen molar-refractivity contribution >= 4 is 18.0 Å². The van der Waals surface area contributed by atoms with Gasteiger partial charge in [-0.15, -0.1) is 0 Å². The first-order valence-corrected chi connectivity index (χ1v) is 10.2. The zero-order valence-electron chi connectivity index (χ0n) is 17.4. The molecule has 0 radical (unpaired) electrons. The standard InChI is InChI=1S/C25H26N2O3/c1-17(2)19-12-10-18(11-13-19)14-21(15-26)25(29)30-16-24(28)27-23-9-5-7-20-6-3-4-8-22(20)23/h3-4,6,8,10-14,17,23H,5,7,9,16H2,1-2H3,(H,27,28)/b21-14+/t23-/m1/s1. The van der Waals surface area contributed by atoms with E-state index in [0.717, 1.165) is 30.4 Å². The molecule has 1 amide bonds. The number of nitrogens with zero attached hydrogens (tertiary/aromatic N) is 1. The predicted octanol–water partition coefficient (Wildman–Crippen LogP) is 4.45. The molecule has 1 aliphatic carbocycles. The molecule has 3 rings (SSSR count). The van der Waals surface area contributed by atoms with Gasteiger partial charge in [0, 0.05) is 0 Å². The van der Waals surface area contributed by atoms with Gasteiger partial charge in [-0.3, -0.25) is 4.79 Å². The highest BCUT2D eigenvalue weighted by Crippen LogP contribution is 2.29. The molecular formula is C25H26N2O3. The minimum Gasteiger partial charge on any atom is -0.451 e. The van der Waals surface area contributed by atoms with Gasteiger partial charge in [0.2, 0.25) is 0 Å². The fourth-order valence-electron chi connectivity index (χ4n) is 3.63. The molecule has 0 saturated heterocycles. The third-order valence-electron chi connectivity index (χ3n) is 5.29. The number of rotatable bonds is 6. The minimum atomic E-state index is -0.801. The second-order valence-corrected chi connectivity index (χ2v) is 7.78. The van der Waals surface area contributed by atoms with E-state index in [-0.39, 0.29) is 17.5 Å². The number of hydrogen-bond donors (Lipinski definition) is 1. The van der Waals surface area contributed by atoms with E-state index in [4.69, 9.17) is 4.74 Å². The van der Waals surface area contributed by atoms with Crippen molar-refractivity contribution in [2.24, 2.45) is 0 Å². The maximum absolute atomic E-state index is 12.3. The van der Waals surface area contributed by atoms with Crippen LogP contribution in [-0.2, 0) is 20.7 Å². The van der Waals surface area contributed by atoms with Gasteiger partial charge in [-0.2, -0.15) is 5.26 Å². The number of fused-ring (bicyclic) bond motifs is 1. The van der Waals surface area contributed by atoms with E-state index in [1.54, 1.807) is 0 Å². The van der Waals surface area contributed by atoms with Crippen LogP contribution in [0.15, 0.2) is 54.1 Å². The molecule has 0 aromatic heterocycles. The number of ether oxygens (including phenoxy) is 1. The number of nitrogens with one attached hydrogen (secondary N) is 1. The number of esters is 1. The van der Waals surface area contributed by atoms with Crippen molar-refractivity contribution < 1.29 is 14.3 Å². The van der Waals surface area contributed by atoms with Gasteiger partial charge in [-0.1, -0.05) is 62.4 Å². The van der Waals surface area contributed by atoms with Gasteiger partial charge in [-0.25, -0.2) is 4.79 Å². The van der Waals surface area contributed by atoms with Gasteiger partial charge >= 0.3 is 5.97 Å². The highest BCUT2D eigenvalue weighted by atomic mass is 16.5. The Morgan fingerprint density at radius 1 is 1.20 bits per heavy atom. The zero-order chi connectivity index (χ0) is 21.5. The van der Waals surface area contributed by atoms with Crippen LogP contribution in [0.5, 0.6) is 0 Å². The average molecular weight is 402 g/mol. The summed E-state index contributed by atoms with van der Waals surface area (Å²) in [5.41, 5.74) is 4.13. The highest BCUT2D eigenvalue weighted by molar-refractivity contribution is 5.98. The van der Waals surface area contributed by atoms with Crippen LogP contribution in [0.2, 0.25) is 0 Å². The number of hydrogen-bond acceptors (Lipinski definition) is 4. The summed E-state index contributed by atoms with van der Waals surface area (Å²) in [5, 5.41) is 12.3. The number of carbonyl (C=O) groups excluding carboxylic acids is 2. The van der Waals surface area contributed by atoms with Crippen LogP contribution in [-0.4, -0.2) is 18.5 Å². The molecule has 5 heteroatoms. The fourth-order valence-corrected chi connectivity index (χ4v) is 3.63. The van der Waals surface area contributed by atoms with E-state index < -0.39 is 12.6 Å². The number of aryl methyl sites for hydroxylation is 1. The van der Waals surface area contributed by atoms with Crippen molar-refractivity contribution in [1.29, 1.82) is 5.26 Å². The molecule has 1 atom stereocenters. The minimum absolute atomic E-state index is 0.0772. The smallest absolute Gasteiger partial charge is 0.349 e. The number of benzene rings is 2. The lowest BCUT2D eigenvalue weighted by Gasteiger charge is -2.26. The van der Waals surface area contributed by atoms with Gasteiger partial charge in [0.05, 0.1) is 6.04 Å². The van der Waals surface area contributed by atoms with E-state index in [0.29, 0.717) is 5.92 Å². The molecule has 0 unspecified atom stereocenters. The Hall–Kier alpha value is -3.39. The summed E-state index contributed by atoms with van der Waals surface area (Å²) in [6, 6.07) is 17.5. The molecular weight excluding hydrogens is 376 g/mol. The normalized spacial score (nSPS) is 15.8. The third-order valence-corrected chi connectivity index (χ3v) is 5.29. The first kappa shape index (κ1) is 21.3. The Labute approximate surface area is 177 Å². The predicted molar refractivity (Wildman–Crippen MR) is 115 cm³/mol. The van der Waals surface area contributed by atoms with Crippen LogP contribution in [0, 0.1) is 11.3 Å². The van der Waals surface area contributed by atoms with Crippen LogP contribution in [0.1, 0.15) is 60.9 Å². The number of amides is 1. The second-order valence-electron chi connectivity index (χ2n) is 7.78. The lowest BCUT2D eigenvalue weighted by Crippen LogP contribution is -2.34. The van der Waals surface area contributed by atoms with Crippen LogP contribution in [0.25, 0.3) is 6.08 Å². The Morgan fingerprint density at radius 3 is 2.63 bits per heavy atom. The van der Waals surface area contributed by atoms with Gasteiger partial charge in [0.15, 0.2) is 6.61 Å². The van der Waals surface area contributed by atoms with E-state index in [2.05, 4.69) is 25.2 Å². The Kier molecular flexibility index (Phi) is 7.03. The molecule has 1 N–H and O–H groups in total. The van der Waals surface area contributed by atoms with Gasteiger partial charge < -0.3 is 10.1 Å². The summed E-state index contributed by atoms with van der Waals surface area (Å²) < 4.78 is 5.08. The fraction of sp³-hybridized carbons (Fsp3) is 0.320. The van der Waals surface area contributed by atoms with Crippen molar-refractivity contribution in [1.82, 2.24) is 5.32 Å². The van der Waals surface area contributed by atoms with Crippen LogP contribution >= 0.6 is 0 Å². The lowest BCUT2D eigenvalue weighted by atomic mass is 9.88. The molecule has 154 valence electrons. The molecule has 0 spiro atoms. The summed E-state index contributed by atoms with van der Waals surface area (Å²) in [6.45, 7) is 3.78. The topological polar surface area (TPSA) is 79.2 Å². The summed E-state index contributed by atoms with van der Waals surface area (Å²) in [4.78, 5) is 24.6. The molecule has 0 aliphatic heterocycles. The highest BCUT2D eigenvalue weighted by Gasteiger charge is 2.22. The van der Waals surface area contributed by atoms with Crippen LogP contribution < -0.4 is 5.32 Å². The first-order valence-electron chi connectivity index (χ1n) is 10.2. The van der Waals surface area contributed by atoms with Crippen molar-refractivity contribution in [2.45, 2.75) is 45.1 Å². The third kappa shape index (κ3) is 5.36. The molecule has 0 heterocycles. The largest absolute Gasteiger partial charge is 0.451 e. The van der Waals surface area contributed by atoms with Crippen molar-refractivity contribution in [3.8, 4) is 6.07 Å². The van der Waals surface area contributed by atoms with Crippen molar-refractivity contribution in [3.63, 3.8) is 0 Å². The molecule has 2 aromatic carbocycles. The monoisotopic (exact) mass is 402 g/mol. The van der Waals surface area contributed by atoms with Gasteiger partial charge in [-0.05, 0) is 53.5 Å². The van der Waals surface area contributed by atoms with E-state index in [9.17, 15) is 14.9 Å². The lowest BCUT2D eigenvalue weighted by molar-refractivity contribution is -0.144. The Morgan fingerprint density at radius 2 is 1.93 bits per heavy atom. The number of carbonyl (C=O) groups is 2. The molecule has 0 saturated carbocycles. The maximum Gasteiger partial charge on any atom is 0.349 e. The molecule has 0 fully saturated rings. The quantitative estimate of drug-likeness (QED) is 0.440. The first-order chi connectivity index (χ1) is 14.5. The van der Waals surface area contributed by atoms with Crippen molar-refractivity contribution in [3.05, 3.63) is 76.4 Å². The second kappa shape index (κ2) is 9.89. The maximum atomic E-state index is 12.3. The number of nitriles is 1. The zero-order valence-corrected chi connectivity index (χ0v) is 17.4. The summed E-state index contributed by atoms with van der Waals surface area (Å²) in [7, 11) is 0. The van der Waals surface area contributed by atoms with Gasteiger partial charge in [0.25, 0.3) is 5.91 Å². The molecule has 30 heavy (non-hydrogen) atoms. The van der Waals surface area contributed by atoms with E-state index in [1.165, 1.54) is 17.2 Å². The molecule has 1 aliphatic rings. The van der Waals surface area contributed by atoms with E-state index >= 15 is 0 Å². The van der Waals surface area contributed by atoms with Gasteiger partial charge in [0.1, 0.15) is 11.6 Å². The molecule has 0 bridgehead atoms. The Bertz CT molecular complexity index is 984. The van der Waals surface area contributed by atoms with Crippen molar-refractivity contribution in [2.75, 3.05) is 6.61 Å². The van der Waals surface area contributed by atoms with Crippen LogP contribution in [0.3, 0.4) is 0 Å². The van der Waals surface area contributed by atoms with E-state index in [1.807, 2.05) is 48.5 Å².